The number of aromatic amines is 1. The van der Waals surface area contributed by atoms with E-state index in [1.165, 1.54) is 18.3 Å². The van der Waals surface area contributed by atoms with E-state index in [1.807, 2.05) is 42.5 Å². The van der Waals surface area contributed by atoms with E-state index in [1.54, 1.807) is 6.20 Å². The Kier molecular flexibility index (Phi) is 4.55. The van der Waals surface area contributed by atoms with E-state index < -0.39 is 0 Å². The van der Waals surface area contributed by atoms with Crippen LogP contribution < -0.4 is 10.6 Å². The molecule has 0 saturated carbocycles. The van der Waals surface area contributed by atoms with Gasteiger partial charge in [0.25, 0.3) is 0 Å². The number of aromatic nitrogens is 4. The van der Waals surface area contributed by atoms with Crippen molar-refractivity contribution in [3.05, 3.63) is 59.2 Å². The van der Waals surface area contributed by atoms with Crippen molar-refractivity contribution in [1.82, 2.24) is 20.4 Å². The molecule has 0 aliphatic heterocycles. The highest BCUT2D eigenvalue weighted by molar-refractivity contribution is 7.15. The van der Waals surface area contributed by atoms with Crippen molar-refractivity contribution in [2.45, 2.75) is 19.8 Å². The molecule has 0 spiro atoms. The normalized spacial score (nSPS) is 12.1. The second kappa shape index (κ2) is 7.16. The number of nitrogens with one attached hydrogen (secondary N) is 3. The van der Waals surface area contributed by atoms with Crippen molar-refractivity contribution in [2.75, 3.05) is 10.6 Å². The largest absolute Gasteiger partial charge is 0.330 e. The van der Waals surface area contributed by atoms with Gasteiger partial charge in [0, 0.05) is 29.6 Å². The fourth-order valence-corrected chi connectivity index (χ4v) is 3.68. The van der Waals surface area contributed by atoms with Crippen LogP contribution in [0.25, 0.3) is 10.9 Å². The zero-order valence-electron chi connectivity index (χ0n) is 14.9. The average Bonchev–Trinajstić information content (AvgIpc) is 3.30. The monoisotopic (exact) mass is 378 g/mol. The Labute approximate surface area is 159 Å². The maximum Gasteiger partial charge on any atom is 0.221 e. The lowest BCUT2D eigenvalue weighted by atomic mass is 10.0. The van der Waals surface area contributed by atoms with Gasteiger partial charge in [-0.05, 0) is 35.9 Å². The van der Waals surface area contributed by atoms with Gasteiger partial charge in [0.2, 0.25) is 11.0 Å². The summed E-state index contributed by atoms with van der Waals surface area (Å²) in [5.41, 5.74) is 3.78. The average molecular weight is 378 g/mol. The van der Waals surface area contributed by atoms with Crippen molar-refractivity contribution < 1.29 is 4.79 Å². The number of hydrogen-bond acceptors (Lipinski definition) is 6. The molecule has 7 nitrogen and oxygen atoms in total. The van der Waals surface area contributed by atoms with Crippen LogP contribution >= 0.6 is 11.3 Å². The third-order valence-electron chi connectivity index (χ3n) is 4.21. The van der Waals surface area contributed by atoms with Crippen molar-refractivity contribution >= 4 is 44.7 Å². The molecule has 2 aromatic heterocycles. The van der Waals surface area contributed by atoms with Crippen LogP contribution in [0, 0.1) is 0 Å². The smallest absolute Gasteiger partial charge is 0.221 e. The van der Waals surface area contributed by atoms with Crippen molar-refractivity contribution in [2.24, 2.45) is 0 Å². The standard InChI is InChI=1S/C19H18N6OS/c1-11(13-4-3-5-15(8-13)21-12(2)26)18-24-25-19(27-18)22-16-6-7-17-14(9-16)10-20-23-17/h3-11H,1-2H3,(H,20,23)(H,21,26)(H,22,25). The van der Waals surface area contributed by atoms with Crippen LogP contribution in [0.15, 0.2) is 48.7 Å². The van der Waals surface area contributed by atoms with Gasteiger partial charge in [0.15, 0.2) is 0 Å². The quantitative estimate of drug-likeness (QED) is 0.482. The van der Waals surface area contributed by atoms with Gasteiger partial charge < -0.3 is 10.6 Å². The Hall–Kier alpha value is -3.26. The van der Waals surface area contributed by atoms with Crippen LogP contribution in [-0.4, -0.2) is 26.3 Å². The number of nitrogens with zero attached hydrogens (tertiary/aromatic N) is 3. The molecule has 4 aromatic rings. The summed E-state index contributed by atoms with van der Waals surface area (Å²) < 4.78 is 0. The maximum absolute atomic E-state index is 11.3. The van der Waals surface area contributed by atoms with Crippen LogP contribution in [0.3, 0.4) is 0 Å². The van der Waals surface area contributed by atoms with Crippen molar-refractivity contribution in [3.63, 3.8) is 0 Å². The van der Waals surface area contributed by atoms with Crippen LogP contribution in [0.5, 0.6) is 0 Å². The van der Waals surface area contributed by atoms with Crippen molar-refractivity contribution in [3.8, 4) is 0 Å². The molecular weight excluding hydrogens is 360 g/mol. The number of carbonyl (C=O) groups excluding carboxylic acids is 1. The molecule has 0 fully saturated rings. The molecule has 136 valence electrons. The van der Waals surface area contributed by atoms with Crippen LogP contribution in [0.4, 0.5) is 16.5 Å². The van der Waals surface area contributed by atoms with Crippen LogP contribution in [-0.2, 0) is 4.79 Å². The maximum atomic E-state index is 11.3. The summed E-state index contributed by atoms with van der Waals surface area (Å²) in [7, 11) is 0. The third-order valence-corrected chi connectivity index (χ3v) is 5.23. The summed E-state index contributed by atoms with van der Waals surface area (Å²) in [5.74, 6) is -0.0140. The van der Waals surface area contributed by atoms with E-state index in [4.69, 9.17) is 0 Å². The first-order valence-electron chi connectivity index (χ1n) is 8.49. The van der Waals surface area contributed by atoms with Gasteiger partial charge in [-0.2, -0.15) is 5.10 Å². The first-order valence-corrected chi connectivity index (χ1v) is 9.31. The van der Waals surface area contributed by atoms with E-state index in [-0.39, 0.29) is 11.8 Å². The molecule has 2 heterocycles. The topological polar surface area (TPSA) is 95.6 Å². The molecule has 2 aromatic carbocycles. The Morgan fingerprint density at radius 1 is 1.15 bits per heavy atom. The Balaban J connectivity index is 1.52. The highest BCUT2D eigenvalue weighted by atomic mass is 32.1. The van der Waals surface area contributed by atoms with E-state index in [0.717, 1.165) is 38.0 Å². The number of H-pyrrole nitrogens is 1. The van der Waals surface area contributed by atoms with Gasteiger partial charge in [-0.25, -0.2) is 0 Å². The van der Waals surface area contributed by atoms with Gasteiger partial charge in [-0.3, -0.25) is 9.89 Å². The fourth-order valence-electron chi connectivity index (χ4n) is 2.84. The molecule has 0 bridgehead atoms. The second-order valence-electron chi connectivity index (χ2n) is 6.27. The summed E-state index contributed by atoms with van der Waals surface area (Å²) in [6, 6.07) is 13.8. The Morgan fingerprint density at radius 2 is 2.04 bits per heavy atom. The minimum atomic E-state index is -0.0863. The van der Waals surface area contributed by atoms with Gasteiger partial charge in [-0.1, -0.05) is 30.4 Å². The molecule has 0 saturated heterocycles. The molecule has 0 aliphatic rings. The lowest BCUT2D eigenvalue weighted by Crippen LogP contribution is -2.06. The zero-order valence-corrected chi connectivity index (χ0v) is 15.7. The van der Waals surface area contributed by atoms with Gasteiger partial charge >= 0.3 is 0 Å². The molecule has 0 radical (unpaired) electrons. The minimum Gasteiger partial charge on any atom is -0.330 e. The molecule has 1 atom stereocenters. The van der Waals surface area contributed by atoms with E-state index in [0.29, 0.717) is 0 Å². The van der Waals surface area contributed by atoms with Gasteiger partial charge in [-0.15, -0.1) is 10.2 Å². The molecule has 27 heavy (non-hydrogen) atoms. The van der Waals surface area contributed by atoms with E-state index in [2.05, 4.69) is 38.0 Å². The van der Waals surface area contributed by atoms with Crippen molar-refractivity contribution in [1.29, 1.82) is 0 Å². The molecule has 4 rings (SSSR count). The summed E-state index contributed by atoms with van der Waals surface area (Å²) in [4.78, 5) is 11.3. The first kappa shape index (κ1) is 17.2. The van der Waals surface area contributed by atoms with Crippen LogP contribution in [0.1, 0.15) is 30.3 Å². The molecular formula is C19H18N6OS. The molecule has 1 unspecified atom stereocenters. The van der Waals surface area contributed by atoms with Crippen LogP contribution in [0.2, 0.25) is 0 Å². The summed E-state index contributed by atoms with van der Waals surface area (Å²) in [5, 5.41) is 24.3. The predicted molar refractivity (Wildman–Crippen MR) is 108 cm³/mol. The molecule has 1 amide bonds. The number of benzene rings is 2. The van der Waals surface area contributed by atoms with Gasteiger partial charge in [0.1, 0.15) is 5.01 Å². The second-order valence-corrected chi connectivity index (χ2v) is 7.28. The number of hydrogen-bond donors (Lipinski definition) is 3. The number of rotatable bonds is 5. The predicted octanol–water partition coefficient (Wildman–Crippen LogP) is 4.27. The molecule has 3 N–H and O–H groups in total. The van der Waals surface area contributed by atoms with Gasteiger partial charge in [0.05, 0.1) is 11.7 Å². The zero-order chi connectivity index (χ0) is 18.8. The highest BCUT2D eigenvalue weighted by Crippen LogP contribution is 2.31. The lowest BCUT2D eigenvalue weighted by molar-refractivity contribution is -0.114. The summed E-state index contributed by atoms with van der Waals surface area (Å²) in [6.45, 7) is 3.58. The third kappa shape index (κ3) is 3.80. The Morgan fingerprint density at radius 3 is 2.89 bits per heavy atom. The van der Waals surface area contributed by atoms with E-state index >= 15 is 0 Å². The lowest BCUT2D eigenvalue weighted by Gasteiger charge is -2.10. The SMILES string of the molecule is CC(=O)Nc1cccc(C(C)c2nnc(Nc3ccc4[nH]ncc4c3)s2)c1. The minimum absolute atomic E-state index is 0.0723. The number of fused-ring (bicyclic) bond motifs is 1. The summed E-state index contributed by atoms with van der Waals surface area (Å²) >= 11 is 1.51. The highest BCUT2D eigenvalue weighted by Gasteiger charge is 2.15. The first-order chi connectivity index (χ1) is 13.1. The number of amides is 1. The summed E-state index contributed by atoms with van der Waals surface area (Å²) in [6.07, 6.45) is 1.79. The number of anilines is 3. The fraction of sp³-hybridized carbons (Fsp3) is 0.158. The molecule has 0 aliphatic carbocycles. The Bertz CT molecular complexity index is 1100. The molecule has 8 heteroatoms. The van der Waals surface area contributed by atoms with E-state index in [9.17, 15) is 4.79 Å². The number of carbonyl (C=O) groups is 1.